The summed E-state index contributed by atoms with van der Waals surface area (Å²) in [4.78, 5) is 21.2. The summed E-state index contributed by atoms with van der Waals surface area (Å²) >= 11 is 1.29. The van der Waals surface area contributed by atoms with Crippen LogP contribution in [0.4, 0.5) is 5.69 Å². The van der Waals surface area contributed by atoms with Gasteiger partial charge >= 0.3 is 0 Å². The van der Waals surface area contributed by atoms with Crippen LogP contribution in [-0.4, -0.2) is 23.0 Å². The van der Waals surface area contributed by atoms with Crippen molar-refractivity contribution in [2.24, 2.45) is 0 Å². The van der Waals surface area contributed by atoms with Crippen LogP contribution in [0.15, 0.2) is 48.1 Å². The number of hydrogen-bond donors (Lipinski definition) is 1. The number of hydrogen-bond acceptors (Lipinski definition) is 6. The Morgan fingerprint density at radius 1 is 1.12 bits per heavy atom. The van der Waals surface area contributed by atoms with Gasteiger partial charge in [-0.1, -0.05) is 0 Å². The predicted molar refractivity (Wildman–Crippen MR) is 92.1 cm³/mol. The molecular weight excluding hydrogens is 326 g/mol. The fourth-order valence-corrected chi connectivity index (χ4v) is 2.72. The van der Waals surface area contributed by atoms with Gasteiger partial charge < -0.3 is 14.8 Å². The molecule has 0 unspecified atom stereocenters. The zero-order chi connectivity index (χ0) is 16.9. The molecule has 1 aromatic carbocycles. The molecule has 0 aliphatic carbocycles. The van der Waals surface area contributed by atoms with E-state index in [1.807, 2.05) is 0 Å². The lowest BCUT2D eigenvalue weighted by Crippen LogP contribution is -2.12. The van der Waals surface area contributed by atoms with Crippen LogP contribution in [0.3, 0.4) is 0 Å². The molecule has 122 valence electrons. The molecule has 0 aliphatic rings. The van der Waals surface area contributed by atoms with E-state index >= 15 is 0 Å². The van der Waals surface area contributed by atoms with Gasteiger partial charge in [-0.2, -0.15) is 0 Å². The first-order valence-electron chi connectivity index (χ1n) is 7.15. The van der Waals surface area contributed by atoms with E-state index in [1.54, 1.807) is 62.1 Å². The summed E-state index contributed by atoms with van der Waals surface area (Å²) in [6.45, 7) is 1.80. The van der Waals surface area contributed by atoms with Crippen molar-refractivity contribution in [3.05, 3.63) is 58.7 Å². The lowest BCUT2D eigenvalue weighted by molar-refractivity contribution is 0.102. The molecular formula is C17H15N3O3S. The maximum Gasteiger partial charge on any atom is 0.267 e. The number of carbonyl (C=O) groups is 1. The summed E-state index contributed by atoms with van der Waals surface area (Å²) in [5.41, 5.74) is 2.83. The average Bonchev–Trinajstić information content (AvgIpc) is 3.03. The van der Waals surface area contributed by atoms with Crippen molar-refractivity contribution in [2.45, 2.75) is 6.92 Å². The topological polar surface area (TPSA) is 73.3 Å². The van der Waals surface area contributed by atoms with Gasteiger partial charge in [-0.15, -0.1) is 11.3 Å². The third kappa shape index (κ3) is 3.52. The smallest absolute Gasteiger partial charge is 0.267 e. The Morgan fingerprint density at radius 3 is 2.54 bits per heavy atom. The molecule has 0 bridgehead atoms. The molecule has 2 aromatic heterocycles. The number of carbonyl (C=O) groups excluding carboxylic acids is 1. The second-order valence-corrected chi connectivity index (χ2v) is 5.71. The monoisotopic (exact) mass is 341 g/mol. The molecule has 3 aromatic rings. The van der Waals surface area contributed by atoms with Crippen LogP contribution in [0.2, 0.25) is 0 Å². The normalized spacial score (nSPS) is 10.2. The molecule has 0 fully saturated rings. The molecule has 0 spiro atoms. The maximum absolute atomic E-state index is 12.3. The number of nitrogens with zero attached hydrogens (tertiary/aromatic N) is 2. The van der Waals surface area contributed by atoms with Crippen LogP contribution in [0.25, 0.3) is 0 Å². The largest absolute Gasteiger partial charge is 0.497 e. The van der Waals surface area contributed by atoms with Crippen LogP contribution in [0.5, 0.6) is 17.4 Å². The van der Waals surface area contributed by atoms with Crippen molar-refractivity contribution in [3.8, 4) is 17.4 Å². The van der Waals surface area contributed by atoms with E-state index in [2.05, 4.69) is 15.3 Å². The summed E-state index contributed by atoms with van der Waals surface area (Å²) in [5, 5.41) is 2.82. The van der Waals surface area contributed by atoms with E-state index in [1.165, 1.54) is 11.3 Å². The van der Waals surface area contributed by atoms with Gasteiger partial charge in [-0.25, -0.2) is 9.97 Å². The summed E-state index contributed by atoms with van der Waals surface area (Å²) in [5.74, 6) is 1.41. The number of aromatic nitrogens is 2. The van der Waals surface area contributed by atoms with Crippen molar-refractivity contribution in [2.75, 3.05) is 12.4 Å². The van der Waals surface area contributed by atoms with Crippen LogP contribution in [0.1, 0.15) is 15.4 Å². The molecule has 0 radical (unpaired) electrons. The van der Waals surface area contributed by atoms with Gasteiger partial charge in [0.25, 0.3) is 5.91 Å². The van der Waals surface area contributed by atoms with Crippen LogP contribution in [-0.2, 0) is 0 Å². The Kier molecular flexibility index (Phi) is 4.72. The van der Waals surface area contributed by atoms with E-state index in [4.69, 9.17) is 9.47 Å². The fourth-order valence-electron chi connectivity index (χ4n) is 2.02. The highest BCUT2D eigenvalue weighted by molar-refractivity contribution is 7.12. The number of benzene rings is 1. The Morgan fingerprint density at radius 2 is 1.88 bits per heavy atom. The maximum atomic E-state index is 12.3. The zero-order valence-electron chi connectivity index (χ0n) is 13.1. The SMILES string of the molecule is COc1ccc(Oc2ncccc2NC(=O)c2scnc2C)cc1. The standard InChI is InChI=1S/C17H15N3O3S/c1-11-15(24-10-19-11)16(21)20-14-4-3-9-18-17(14)23-13-7-5-12(22-2)6-8-13/h3-10H,1-2H3,(H,20,21). The van der Waals surface area contributed by atoms with E-state index in [-0.39, 0.29) is 5.91 Å². The molecule has 0 atom stereocenters. The molecule has 0 saturated carbocycles. The first-order chi connectivity index (χ1) is 11.7. The highest BCUT2D eigenvalue weighted by Crippen LogP contribution is 2.28. The van der Waals surface area contributed by atoms with Gasteiger partial charge in [0.2, 0.25) is 5.88 Å². The molecule has 7 heteroatoms. The Bertz CT molecular complexity index is 846. The van der Waals surface area contributed by atoms with Gasteiger partial charge in [0.15, 0.2) is 0 Å². The van der Waals surface area contributed by atoms with E-state index in [0.717, 1.165) is 5.75 Å². The van der Waals surface area contributed by atoms with Gasteiger partial charge in [-0.3, -0.25) is 4.79 Å². The number of nitrogens with one attached hydrogen (secondary N) is 1. The van der Waals surface area contributed by atoms with E-state index in [0.29, 0.717) is 27.9 Å². The van der Waals surface area contributed by atoms with Gasteiger partial charge in [0, 0.05) is 6.20 Å². The Hall–Kier alpha value is -2.93. The molecule has 3 rings (SSSR count). The molecule has 6 nitrogen and oxygen atoms in total. The lowest BCUT2D eigenvalue weighted by Gasteiger charge is -2.11. The minimum atomic E-state index is -0.234. The van der Waals surface area contributed by atoms with Crippen LogP contribution >= 0.6 is 11.3 Å². The number of anilines is 1. The number of methoxy groups -OCH3 is 1. The average molecular weight is 341 g/mol. The zero-order valence-corrected chi connectivity index (χ0v) is 14.0. The van der Waals surface area contributed by atoms with Crippen molar-refractivity contribution in [1.82, 2.24) is 9.97 Å². The molecule has 0 saturated heterocycles. The van der Waals surface area contributed by atoms with E-state index < -0.39 is 0 Å². The Labute approximate surface area is 143 Å². The second kappa shape index (κ2) is 7.10. The summed E-state index contributed by atoms with van der Waals surface area (Å²) in [6, 6.07) is 10.6. The lowest BCUT2D eigenvalue weighted by atomic mass is 10.3. The summed E-state index contributed by atoms with van der Waals surface area (Å²) in [7, 11) is 1.60. The minimum absolute atomic E-state index is 0.234. The van der Waals surface area contributed by atoms with Gasteiger partial charge in [0.05, 0.1) is 18.3 Å². The predicted octanol–water partition coefficient (Wildman–Crippen LogP) is 3.90. The first kappa shape index (κ1) is 15.9. The number of rotatable bonds is 5. The van der Waals surface area contributed by atoms with Crippen LogP contribution < -0.4 is 14.8 Å². The van der Waals surface area contributed by atoms with Gasteiger partial charge in [0.1, 0.15) is 22.1 Å². The number of ether oxygens (including phenoxy) is 2. The molecule has 1 N–H and O–H groups in total. The molecule has 0 aliphatic heterocycles. The summed E-state index contributed by atoms with van der Waals surface area (Å²) < 4.78 is 10.9. The third-order valence-electron chi connectivity index (χ3n) is 3.25. The number of aryl methyl sites for hydroxylation is 1. The minimum Gasteiger partial charge on any atom is -0.497 e. The fraction of sp³-hybridized carbons (Fsp3) is 0.118. The molecule has 2 heterocycles. The van der Waals surface area contributed by atoms with Gasteiger partial charge in [-0.05, 0) is 43.3 Å². The number of amides is 1. The van der Waals surface area contributed by atoms with Crippen molar-refractivity contribution in [3.63, 3.8) is 0 Å². The number of thiazole rings is 1. The molecule has 24 heavy (non-hydrogen) atoms. The van der Waals surface area contributed by atoms with Crippen molar-refractivity contribution in [1.29, 1.82) is 0 Å². The highest BCUT2D eigenvalue weighted by atomic mass is 32.1. The third-order valence-corrected chi connectivity index (χ3v) is 4.17. The van der Waals surface area contributed by atoms with Crippen LogP contribution in [0, 0.1) is 6.92 Å². The first-order valence-corrected chi connectivity index (χ1v) is 8.03. The second-order valence-electron chi connectivity index (χ2n) is 4.85. The summed E-state index contributed by atoms with van der Waals surface area (Å²) in [6.07, 6.45) is 1.60. The molecule has 1 amide bonds. The van der Waals surface area contributed by atoms with E-state index in [9.17, 15) is 4.79 Å². The Balaban J connectivity index is 1.80. The highest BCUT2D eigenvalue weighted by Gasteiger charge is 2.15. The van der Waals surface area contributed by atoms with Crippen molar-refractivity contribution >= 4 is 22.9 Å². The number of pyridine rings is 1. The van der Waals surface area contributed by atoms with Crippen molar-refractivity contribution < 1.29 is 14.3 Å². The quantitative estimate of drug-likeness (QED) is 0.762.